The van der Waals surface area contributed by atoms with Crippen molar-refractivity contribution >= 4 is 69.1 Å². The number of carbonyl (C=O) groups is 2. The number of thiophene rings is 1. The predicted molar refractivity (Wildman–Crippen MR) is 137 cm³/mol. The fourth-order valence-electron chi connectivity index (χ4n) is 3.44. The highest BCUT2D eigenvalue weighted by Crippen LogP contribution is 2.42. The number of hydrazone groups is 1. The van der Waals surface area contributed by atoms with Crippen LogP contribution in [0.5, 0.6) is 0 Å². The van der Waals surface area contributed by atoms with Crippen LogP contribution in [-0.4, -0.2) is 17.5 Å². The van der Waals surface area contributed by atoms with Crippen LogP contribution < -0.4 is 15.2 Å². The molecule has 0 fully saturated rings. The number of Topliss-reactive ketones (excluding diaryl/α,β-unsaturated/α-hetero) is 1. The lowest BCUT2D eigenvalue weighted by Gasteiger charge is -2.31. The molecule has 1 atom stereocenters. The van der Waals surface area contributed by atoms with Gasteiger partial charge in [0.2, 0.25) is 5.91 Å². The molecular weight excluding hydrogens is 479 g/mol. The van der Waals surface area contributed by atoms with Gasteiger partial charge in [0, 0.05) is 29.1 Å². The van der Waals surface area contributed by atoms with Crippen molar-refractivity contribution in [1.82, 2.24) is 0 Å². The van der Waals surface area contributed by atoms with Crippen molar-refractivity contribution in [3.05, 3.63) is 74.9 Å². The Kier molecular flexibility index (Phi) is 6.74. The van der Waals surface area contributed by atoms with Crippen LogP contribution in [0.15, 0.2) is 65.1 Å². The number of nitrogens with one attached hydrogen (secondary N) is 1. The van der Waals surface area contributed by atoms with E-state index in [0.717, 1.165) is 10.6 Å². The largest absolute Gasteiger partial charge is 0.326 e. The Balaban J connectivity index is 1.76. The Morgan fingerprint density at radius 3 is 2.30 bits per heavy atom. The van der Waals surface area contributed by atoms with Crippen molar-refractivity contribution in [3.63, 3.8) is 0 Å². The molecule has 2 aromatic carbocycles. The third-order valence-corrected chi connectivity index (χ3v) is 6.78. The van der Waals surface area contributed by atoms with E-state index in [9.17, 15) is 9.59 Å². The first-order chi connectivity index (χ1) is 15.8. The van der Waals surface area contributed by atoms with Crippen molar-refractivity contribution in [2.24, 2.45) is 11.0 Å². The second-order valence-corrected chi connectivity index (χ2v) is 9.67. The highest BCUT2D eigenvalue weighted by atomic mass is 35.5. The molecule has 0 saturated heterocycles. The molecule has 0 bridgehead atoms. The van der Waals surface area contributed by atoms with Crippen LogP contribution in [0.1, 0.15) is 31.8 Å². The van der Waals surface area contributed by atoms with Crippen molar-refractivity contribution in [2.75, 3.05) is 15.2 Å². The van der Waals surface area contributed by atoms with E-state index in [1.807, 2.05) is 66.6 Å². The summed E-state index contributed by atoms with van der Waals surface area (Å²) in [6, 6.07) is 16.6. The van der Waals surface area contributed by atoms with Crippen LogP contribution in [0.3, 0.4) is 0 Å². The first-order valence-electron chi connectivity index (χ1n) is 10.3. The van der Waals surface area contributed by atoms with Crippen LogP contribution in [-0.2, 0) is 9.59 Å². The van der Waals surface area contributed by atoms with Crippen molar-refractivity contribution in [3.8, 4) is 0 Å². The van der Waals surface area contributed by atoms with E-state index in [1.165, 1.54) is 6.92 Å². The Hall–Kier alpha value is -2.87. The number of amidine groups is 1. The second-order valence-electron chi connectivity index (χ2n) is 7.87. The van der Waals surface area contributed by atoms with Gasteiger partial charge in [0.05, 0.1) is 15.7 Å². The summed E-state index contributed by atoms with van der Waals surface area (Å²) < 4.78 is 0. The number of anilines is 3. The third kappa shape index (κ3) is 4.76. The lowest BCUT2D eigenvalue weighted by molar-refractivity contribution is -0.119. The van der Waals surface area contributed by atoms with Gasteiger partial charge in [-0.25, -0.2) is 5.01 Å². The van der Waals surface area contributed by atoms with Gasteiger partial charge < -0.3 is 5.32 Å². The maximum Gasteiger partial charge on any atom is 0.226 e. The monoisotopic (exact) mass is 500 g/mol. The Morgan fingerprint density at radius 2 is 1.73 bits per heavy atom. The summed E-state index contributed by atoms with van der Waals surface area (Å²) in [7, 11) is 0. The van der Waals surface area contributed by atoms with E-state index in [1.54, 1.807) is 28.5 Å². The molecule has 1 aliphatic rings. The van der Waals surface area contributed by atoms with E-state index in [0.29, 0.717) is 27.3 Å². The molecule has 3 aromatic rings. The normalized spacial score (nSPS) is 15.7. The number of ketones is 1. The molecule has 170 valence electrons. The van der Waals surface area contributed by atoms with Crippen LogP contribution in [0.2, 0.25) is 10.0 Å². The zero-order valence-corrected chi connectivity index (χ0v) is 20.6. The van der Waals surface area contributed by atoms with Gasteiger partial charge in [0.25, 0.3) is 0 Å². The standard InChI is InChI=1S/C24H22Cl2N4O2S/c1-14(2)23(32)27-16-6-8-17(9-7-16)29-22(15(3)31)28-30(24(29)21-5-4-12-33-21)18-10-11-19(25)20(26)13-18/h4-14,24H,1-3H3,(H,27,32)/t24-/m0/s1. The highest BCUT2D eigenvalue weighted by molar-refractivity contribution is 7.10. The number of amides is 1. The van der Waals surface area contributed by atoms with E-state index in [-0.39, 0.29) is 17.6 Å². The minimum absolute atomic E-state index is 0.0582. The molecule has 0 radical (unpaired) electrons. The molecule has 4 rings (SSSR count). The Morgan fingerprint density at radius 1 is 1.03 bits per heavy atom. The number of nitrogens with zero attached hydrogens (tertiary/aromatic N) is 3. The molecule has 9 heteroatoms. The third-order valence-electron chi connectivity index (χ3n) is 5.12. The Labute approximate surface area is 206 Å². The van der Waals surface area contributed by atoms with Crippen LogP contribution in [0.4, 0.5) is 17.1 Å². The van der Waals surface area contributed by atoms with Crippen molar-refractivity contribution in [2.45, 2.75) is 26.9 Å². The summed E-state index contributed by atoms with van der Waals surface area (Å²) in [5, 5.41) is 12.2. The van der Waals surface area contributed by atoms with Gasteiger partial charge in [-0.3, -0.25) is 14.5 Å². The number of halogens is 2. The van der Waals surface area contributed by atoms with Crippen LogP contribution in [0, 0.1) is 5.92 Å². The summed E-state index contributed by atoms with van der Waals surface area (Å²) in [5.41, 5.74) is 2.17. The van der Waals surface area contributed by atoms with Crippen molar-refractivity contribution in [1.29, 1.82) is 0 Å². The molecular formula is C24H22Cl2N4O2S. The quantitative estimate of drug-likeness (QED) is 0.415. The number of hydrogen-bond donors (Lipinski definition) is 1. The molecule has 1 amide bonds. The van der Waals surface area contributed by atoms with Gasteiger partial charge in [-0.15, -0.1) is 16.4 Å². The lowest BCUT2D eigenvalue weighted by atomic mass is 10.1. The van der Waals surface area contributed by atoms with E-state index in [4.69, 9.17) is 23.2 Å². The first-order valence-corrected chi connectivity index (χ1v) is 12.0. The fourth-order valence-corrected chi connectivity index (χ4v) is 4.53. The predicted octanol–water partition coefficient (Wildman–Crippen LogP) is 6.58. The SMILES string of the molecule is CC(=O)C1=NN(c2ccc(Cl)c(Cl)c2)[C@@H](c2cccs2)N1c1ccc(NC(=O)C(C)C)cc1. The maximum absolute atomic E-state index is 12.6. The zero-order chi connectivity index (χ0) is 23.7. The fraction of sp³-hybridized carbons (Fsp3) is 0.208. The van der Waals surface area contributed by atoms with Gasteiger partial charge in [0.1, 0.15) is 0 Å². The molecule has 0 saturated carbocycles. The highest BCUT2D eigenvalue weighted by Gasteiger charge is 2.39. The summed E-state index contributed by atoms with van der Waals surface area (Å²) in [5.74, 6) is -0.0467. The molecule has 0 unspecified atom stereocenters. The molecule has 0 aliphatic carbocycles. The summed E-state index contributed by atoms with van der Waals surface area (Å²) >= 11 is 14.0. The number of benzene rings is 2. The van der Waals surface area contributed by atoms with Gasteiger partial charge in [0.15, 0.2) is 17.8 Å². The molecule has 33 heavy (non-hydrogen) atoms. The second kappa shape index (κ2) is 9.55. The van der Waals surface area contributed by atoms with Gasteiger partial charge >= 0.3 is 0 Å². The average molecular weight is 501 g/mol. The van der Waals surface area contributed by atoms with Crippen LogP contribution in [0.25, 0.3) is 0 Å². The molecule has 2 heterocycles. The van der Waals surface area contributed by atoms with E-state index < -0.39 is 6.17 Å². The summed E-state index contributed by atoms with van der Waals surface area (Å²) in [6.45, 7) is 5.17. The first kappa shape index (κ1) is 23.3. The molecule has 1 N–H and O–H groups in total. The summed E-state index contributed by atoms with van der Waals surface area (Å²) in [6.07, 6.45) is -0.391. The number of hydrogen-bond acceptors (Lipinski definition) is 6. The Bertz CT molecular complexity index is 1210. The van der Waals surface area contributed by atoms with Gasteiger partial charge in [-0.2, -0.15) is 0 Å². The number of rotatable bonds is 6. The number of carbonyl (C=O) groups excluding carboxylic acids is 2. The smallest absolute Gasteiger partial charge is 0.226 e. The molecule has 0 spiro atoms. The lowest BCUT2D eigenvalue weighted by Crippen LogP contribution is -2.37. The summed E-state index contributed by atoms with van der Waals surface area (Å²) in [4.78, 5) is 27.6. The van der Waals surface area contributed by atoms with Crippen LogP contribution >= 0.6 is 34.5 Å². The minimum Gasteiger partial charge on any atom is -0.326 e. The average Bonchev–Trinajstić information content (AvgIpc) is 3.44. The molecule has 1 aromatic heterocycles. The van der Waals surface area contributed by atoms with Gasteiger partial charge in [-0.1, -0.05) is 43.1 Å². The van der Waals surface area contributed by atoms with E-state index >= 15 is 0 Å². The topological polar surface area (TPSA) is 65.0 Å². The zero-order valence-electron chi connectivity index (χ0n) is 18.3. The minimum atomic E-state index is -0.391. The van der Waals surface area contributed by atoms with Crippen molar-refractivity contribution < 1.29 is 9.59 Å². The van der Waals surface area contributed by atoms with Gasteiger partial charge in [-0.05, 0) is 53.9 Å². The maximum atomic E-state index is 12.6. The molecule has 6 nitrogen and oxygen atoms in total. The van der Waals surface area contributed by atoms with E-state index in [2.05, 4.69) is 10.4 Å². The molecule has 1 aliphatic heterocycles.